The topological polar surface area (TPSA) is 81.1 Å². The van der Waals surface area contributed by atoms with Crippen molar-refractivity contribution in [1.82, 2.24) is 9.55 Å². The lowest BCUT2D eigenvalue weighted by Crippen LogP contribution is -2.25. The van der Waals surface area contributed by atoms with Crippen molar-refractivity contribution in [1.29, 1.82) is 0 Å². The molecule has 1 atom stereocenters. The smallest absolute Gasteiger partial charge is 0.261 e. The lowest BCUT2D eigenvalue weighted by molar-refractivity contribution is 0.172. The lowest BCUT2D eigenvalue weighted by atomic mass is 10.2. The van der Waals surface area contributed by atoms with Gasteiger partial charge in [-0.15, -0.1) is 0 Å². The number of benzene rings is 1. The Bertz CT molecular complexity index is 575. The third-order valence-electron chi connectivity index (χ3n) is 2.31. The van der Waals surface area contributed by atoms with E-state index in [9.17, 15) is 9.90 Å². The number of anilines is 1. The molecule has 0 spiro atoms. The van der Waals surface area contributed by atoms with Crippen molar-refractivity contribution < 1.29 is 5.11 Å². The zero-order valence-corrected chi connectivity index (χ0v) is 8.92. The average Bonchev–Trinajstić information content (AvgIpc) is 2.22. The SMILES string of the molecule is CC(O)Cn1cnc2ccc(N)cc2c1=O. The number of nitrogens with zero attached hydrogens (tertiary/aromatic N) is 2. The van der Waals surface area contributed by atoms with Gasteiger partial charge in [0.2, 0.25) is 0 Å². The summed E-state index contributed by atoms with van der Waals surface area (Å²) in [6.45, 7) is 1.85. The molecule has 0 amide bonds. The Morgan fingerprint density at radius 3 is 3.00 bits per heavy atom. The maximum Gasteiger partial charge on any atom is 0.261 e. The molecule has 0 aliphatic rings. The van der Waals surface area contributed by atoms with E-state index in [1.54, 1.807) is 25.1 Å². The maximum atomic E-state index is 12.0. The first-order chi connectivity index (χ1) is 7.58. The summed E-state index contributed by atoms with van der Waals surface area (Å²) >= 11 is 0. The third kappa shape index (κ3) is 1.90. The third-order valence-corrected chi connectivity index (χ3v) is 2.31. The van der Waals surface area contributed by atoms with Gasteiger partial charge in [0, 0.05) is 5.69 Å². The van der Waals surface area contributed by atoms with Crippen molar-refractivity contribution in [3.63, 3.8) is 0 Å². The van der Waals surface area contributed by atoms with Crippen LogP contribution >= 0.6 is 0 Å². The van der Waals surface area contributed by atoms with Gasteiger partial charge in [-0.1, -0.05) is 0 Å². The van der Waals surface area contributed by atoms with Gasteiger partial charge in [-0.05, 0) is 25.1 Å². The van der Waals surface area contributed by atoms with Crippen LogP contribution in [0.4, 0.5) is 5.69 Å². The molecule has 84 valence electrons. The van der Waals surface area contributed by atoms with Crippen LogP contribution in [0.25, 0.3) is 10.9 Å². The van der Waals surface area contributed by atoms with Crippen LogP contribution in [0, 0.1) is 0 Å². The Balaban J connectivity index is 2.64. The summed E-state index contributed by atoms with van der Waals surface area (Å²) in [4.78, 5) is 16.1. The predicted octanol–water partition coefficient (Wildman–Crippen LogP) is 0.360. The molecule has 0 aliphatic carbocycles. The van der Waals surface area contributed by atoms with Crippen LogP contribution in [0.5, 0.6) is 0 Å². The van der Waals surface area contributed by atoms with E-state index in [4.69, 9.17) is 5.73 Å². The maximum absolute atomic E-state index is 12.0. The second-order valence-corrected chi connectivity index (χ2v) is 3.83. The van der Waals surface area contributed by atoms with Crippen LogP contribution in [0.2, 0.25) is 0 Å². The highest BCUT2D eigenvalue weighted by Crippen LogP contribution is 2.10. The van der Waals surface area contributed by atoms with E-state index in [0.717, 1.165) is 0 Å². The molecule has 1 heterocycles. The standard InChI is InChI=1S/C11H13N3O2/c1-7(15)5-14-6-13-10-3-2-8(12)4-9(10)11(14)16/h2-4,6-7,15H,5,12H2,1H3. The number of aliphatic hydroxyl groups is 1. The van der Waals surface area contributed by atoms with Crippen molar-refractivity contribution in [3.8, 4) is 0 Å². The predicted molar refractivity (Wildman–Crippen MR) is 62.1 cm³/mol. The van der Waals surface area contributed by atoms with Gasteiger partial charge in [0.25, 0.3) is 5.56 Å². The fraction of sp³-hybridized carbons (Fsp3) is 0.273. The van der Waals surface area contributed by atoms with Crippen molar-refractivity contribution in [2.45, 2.75) is 19.6 Å². The van der Waals surface area contributed by atoms with Gasteiger partial charge in [-0.2, -0.15) is 0 Å². The Kier molecular flexibility index (Phi) is 2.62. The van der Waals surface area contributed by atoms with Gasteiger partial charge in [-0.25, -0.2) is 4.98 Å². The van der Waals surface area contributed by atoms with Crippen LogP contribution in [0.15, 0.2) is 29.3 Å². The second kappa shape index (κ2) is 3.94. The number of fused-ring (bicyclic) bond motifs is 1. The summed E-state index contributed by atoms with van der Waals surface area (Å²) < 4.78 is 1.38. The Hall–Kier alpha value is -1.88. The van der Waals surface area contributed by atoms with Gasteiger partial charge in [0.05, 0.1) is 29.9 Å². The molecule has 0 saturated carbocycles. The minimum Gasteiger partial charge on any atom is -0.399 e. The number of aromatic nitrogens is 2. The first-order valence-corrected chi connectivity index (χ1v) is 5.00. The number of nitrogens with two attached hydrogens (primary N) is 1. The average molecular weight is 219 g/mol. The minimum absolute atomic E-state index is 0.182. The van der Waals surface area contributed by atoms with E-state index in [-0.39, 0.29) is 12.1 Å². The normalized spacial score (nSPS) is 12.9. The van der Waals surface area contributed by atoms with Crippen LogP contribution in [0.3, 0.4) is 0 Å². The molecule has 5 nitrogen and oxygen atoms in total. The number of rotatable bonds is 2. The largest absolute Gasteiger partial charge is 0.399 e. The number of hydrogen-bond donors (Lipinski definition) is 2. The Morgan fingerprint density at radius 2 is 2.31 bits per heavy atom. The minimum atomic E-state index is -0.585. The highest BCUT2D eigenvalue weighted by Gasteiger charge is 2.06. The summed E-state index contributed by atoms with van der Waals surface area (Å²) in [7, 11) is 0. The number of hydrogen-bond acceptors (Lipinski definition) is 4. The van der Waals surface area contributed by atoms with E-state index in [1.165, 1.54) is 10.9 Å². The van der Waals surface area contributed by atoms with Crippen LogP contribution in [-0.2, 0) is 6.54 Å². The molecule has 1 unspecified atom stereocenters. The summed E-state index contributed by atoms with van der Waals surface area (Å²) in [5.74, 6) is 0. The van der Waals surface area contributed by atoms with Gasteiger partial charge >= 0.3 is 0 Å². The highest BCUT2D eigenvalue weighted by atomic mass is 16.3. The van der Waals surface area contributed by atoms with Crippen molar-refractivity contribution in [2.75, 3.05) is 5.73 Å². The summed E-state index contributed by atoms with van der Waals surface area (Å²) in [6, 6.07) is 5.01. The first-order valence-electron chi connectivity index (χ1n) is 5.00. The molecule has 3 N–H and O–H groups in total. The number of aliphatic hydroxyl groups excluding tert-OH is 1. The zero-order valence-electron chi connectivity index (χ0n) is 8.92. The van der Waals surface area contributed by atoms with Crippen molar-refractivity contribution in [3.05, 3.63) is 34.9 Å². The molecular weight excluding hydrogens is 206 g/mol. The first kappa shape index (κ1) is 10.6. The molecule has 2 aromatic rings. The molecule has 5 heteroatoms. The van der Waals surface area contributed by atoms with Crippen LogP contribution < -0.4 is 11.3 Å². The van der Waals surface area contributed by atoms with Crippen molar-refractivity contribution >= 4 is 16.6 Å². The quantitative estimate of drug-likeness (QED) is 0.714. The Labute approximate surface area is 92.2 Å². The molecule has 1 aromatic carbocycles. The van der Waals surface area contributed by atoms with E-state index in [2.05, 4.69) is 4.98 Å². The van der Waals surface area contributed by atoms with Crippen LogP contribution in [-0.4, -0.2) is 20.8 Å². The van der Waals surface area contributed by atoms with Gasteiger partial charge in [0.1, 0.15) is 0 Å². The van der Waals surface area contributed by atoms with Gasteiger partial charge in [0.15, 0.2) is 0 Å². The lowest BCUT2D eigenvalue weighted by Gasteiger charge is -2.08. The molecule has 0 radical (unpaired) electrons. The summed E-state index contributed by atoms with van der Waals surface area (Å²) in [5, 5.41) is 9.72. The Morgan fingerprint density at radius 1 is 1.56 bits per heavy atom. The number of nitrogen functional groups attached to an aromatic ring is 1. The monoisotopic (exact) mass is 219 g/mol. The summed E-state index contributed by atoms with van der Waals surface area (Å²) in [5.41, 5.74) is 6.58. The zero-order chi connectivity index (χ0) is 11.7. The molecule has 1 aromatic heterocycles. The van der Waals surface area contributed by atoms with Gasteiger partial charge in [-0.3, -0.25) is 9.36 Å². The second-order valence-electron chi connectivity index (χ2n) is 3.83. The molecular formula is C11H13N3O2. The fourth-order valence-electron chi connectivity index (χ4n) is 1.59. The van der Waals surface area contributed by atoms with Crippen LogP contribution in [0.1, 0.15) is 6.92 Å². The molecule has 0 fully saturated rings. The summed E-state index contributed by atoms with van der Waals surface area (Å²) in [6.07, 6.45) is 0.853. The molecule has 0 aliphatic heterocycles. The fourth-order valence-corrected chi connectivity index (χ4v) is 1.59. The molecule has 0 bridgehead atoms. The van der Waals surface area contributed by atoms with E-state index >= 15 is 0 Å². The van der Waals surface area contributed by atoms with Gasteiger partial charge < -0.3 is 10.8 Å². The molecule has 0 saturated heterocycles. The molecule has 16 heavy (non-hydrogen) atoms. The highest BCUT2D eigenvalue weighted by molar-refractivity contribution is 5.80. The van der Waals surface area contributed by atoms with Crippen molar-refractivity contribution in [2.24, 2.45) is 0 Å². The van der Waals surface area contributed by atoms with E-state index in [1.807, 2.05) is 0 Å². The van der Waals surface area contributed by atoms with E-state index in [0.29, 0.717) is 16.6 Å². The molecule has 2 rings (SSSR count). The van der Waals surface area contributed by atoms with E-state index < -0.39 is 6.10 Å².